The maximum atomic E-state index is 12.8. The lowest BCUT2D eigenvalue weighted by atomic mass is 10.1. The molecule has 3 aromatic rings. The molecule has 0 aliphatic carbocycles. The Morgan fingerprint density at radius 1 is 1.00 bits per heavy atom. The minimum Gasteiger partial charge on any atom is -0.497 e. The van der Waals surface area contributed by atoms with E-state index in [0.29, 0.717) is 46.1 Å². The van der Waals surface area contributed by atoms with E-state index in [1.165, 1.54) is 7.11 Å². The third-order valence-corrected chi connectivity index (χ3v) is 6.12. The zero-order valence-corrected chi connectivity index (χ0v) is 19.5. The highest BCUT2D eigenvalue weighted by atomic mass is 16.5. The molecule has 2 heterocycles. The molecule has 0 bridgehead atoms. The van der Waals surface area contributed by atoms with Crippen LogP contribution in [0.4, 0.5) is 5.69 Å². The number of piperazine rings is 1. The maximum absolute atomic E-state index is 12.8. The number of aromatic amines is 1. The molecule has 8 heteroatoms. The summed E-state index contributed by atoms with van der Waals surface area (Å²) < 4.78 is 16.6. The van der Waals surface area contributed by atoms with E-state index in [-0.39, 0.29) is 5.43 Å². The molecule has 1 aromatic heterocycles. The van der Waals surface area contributed by atoms with Gasteiger partial charge in [-0.15, -0.1) is 0 Å². The first kappa shape index (κ1) is 22.9. The number of pyridine rings is 1. The summed E-state index contributed by atoms with van der Waals surface area (Å²) in [7, 11) is 5.27. The summed E-state index contributed by atoms with van der Waals surface area (Å²) >= 11 is 0. The molecule has 4 rings (SSSR count). The molecule has 2 aromatic carbocycles. The Kier molecular flexibility index (Phi) is 7.05. The lowest BCUT2D eigenvalue weighted by Gasteiger charge is -2.32. The number of nitrogens with zero attached hydrogens (tertiary/aromatic N) is 2. The number of methoxy groups -OCH3 is 2. The number of anilines is 1. The molecule has 8 nitrogen and oxygen atoms in total. The van der Waals surface area contributed by atoms with Gasteiger partial charge in [0.15, 0.2) is 5.43 Å². The van der Waals surface area contributed by atoms with Crippen LogP contribution in [-0.2, 0) is 0 Å². The number of hydrogen-bond acceptors (Lipinski definition) is 7. The summed E-state index contributed by atoms with van der Waals surface area (Å²) in [6.45, 7) is 6.08. The standard InChI is InChI=1S/C25H32N4O4/c1-28-8-10-29(11-9-28)7-4-12-33-23-6-5-17(13-19(23)26)20-16-22(30)25-21(27-20)14-18(31-2)15-24(25)32-3/h5-6,13-16H,4,7-12,26H2,1-3H3,(H,27,30). The minimum absolute atomic E-state index is 0.138. The van der Waals surface area contributed by atoms with Crippen LogP contribution in [0.3, 0.4) is 0 Å². The molecule has 0 unspecified atom stereocenters. The maximum Gasteiger partial charge on any atom is 0.193 e. The average molecular weight is 453 g/mol. The SMILES string of the molecule is COc1cc(OC)c2c(=O)cc(-c3ccc(OCCCN4CCN(C)CC4)c(N)c3)[nH]c2c1. The first-order valence-electron chi connectivity index (χ1n) is 11.2. The number of hydrogen-bond donors (Lipinski definition) is 2. The van der Waals surface area contributed by atoms with Crippen molar-refractivity contribution in [1.29, 1.82) is 0 Å². The predicted octanol–water partition coefficient (Wildman–Crippen LogP) is 2.81. The monoisotopic (exact) mass is 452 g/mol. The van der Waals surface area contributed by atoms with E-state index in [4.69, 9.17) is 19.9 Å². The second-order valence-corrected chi connectivity index (χ2v) is 8.40. The van der Waals surface area contributed by atoms with E-state index >= 15 is 0 Å². The average Bonchev–Trinajstić information content (AvgIpc) is 2.82. The van der Waals surface area contributed by atoms with Crippen LogP contribution >= 0.6 is 0 Å². The fourth-order valence-corrected chi connectivity index (χ4v) is 4.15. The van der Waals surface area contributed by atoms with E-state index in [1.54, 1.807) is 25.3 Å². The van der Waals surface area contributed by atoms with Crippen LogP contribution in [0.1, 0.15) is 6.42 Å². The van der Waals surface area contributed by atoms with Crippen LogP contribution in [0.5, 0.6) is 17.2 Å². The fraction of sp³-hybridized carbons (Fsp3) is 0.400. The number of rotatable bonds is 8. The van der Waals surface area contributed by atoms with E-state index in [9.17, 15) is 4.79 Å². The molecule has 1 fully saturated rings. The van der Waals surface area contributed by atoms with Crippen molar-refractivity contribution in [1.82, 2.24) is 14.8 Å². The third kappa shape index (κ3) is 5.23. The highest BCUT2D eigenvalue weighted by Gasteiger charge is 2.14. The molecule has 33 heavy (non-hydrogen) atoms. The van der Waals surface area contributed by atoms with Gasteiger partial charge in [-0.2, -0.15) is 0 Å². The second kappa shape index (κ2) is 10.1. The summed E-state index contributed by atoms with van der Waals surface area (Å²) in [6.07, 6.45) is 0.951. The molecule has 0 atom stereocenters. The summed E-state index contributed by atoms with van der Waals surface area (Å²) in [4.78, 5) is 21.0. The molecular formula is C25H32N4O4. The van der Waals surface area contributed by atoms with Gasteiger partial charge in [0.25, 0.3) is 0 Å². The number of nitrogens with two attached hydrogens (primary N) is 1. The largest absolute Gasteiger partial charge is 0.497 e. The first-order chi connectivity index (χ1) is 16.0. The van der Waals surface area contributed by atoms with Gasteiger partial charge in [-0.1, -0.05) is 0 Å². The molecule has 3 N–H and O–H groups in total. The highest BCUT2D eigenvalue weighted by Crippen LogP contribution is 2.31. The van der Waals surface area contributed by atoms with E-state index < -0.39 is 0 Å². The van der Waals surface area contributed by atoms with Crippen molar-refractivity contribution in [3.8, 4) is 28.5 Å². The number of H-pyrrole nitrogens is 1. The molecule has 176 valence electrons. The number of aromatic nitrogens is 1. The van der Waals surface area contributed by atoms with Crippen molar-refractivity contribution in [3.05, 3.63) is 46.6 Å². The molecule has 1 aliphatic heterocycles. The lowest BCUT2D eigenvalue weighted by Crippen LogP contribution is -2.44. The van der Waals surface area contributed by atoms with Crippen LogP contribution in [0.25, 0.3) is 22.2 Å². The van der Waals surface area contributed by atoms with Gasteiger partial charge in [0.05, 0.1) is 37.4 Å². The van der Waals surface area contributed by atoms with Crippen molar-refractivity contribution >= 4 is 16.6 Å². The Labute approximate surface area is 193 Å². The van der Waals surface area contributed by atoms with Gasteiger partial charge in [-0.05, 0) is 31.7 Å². The van der Waals surface area contributed by atoms with Crippen LogP contribution < -0.4 is 25.4 Å². The third-order valence-electron chi connectivity index (χ3n) is 6.12. The van der Waals surface area contributed by atoms with Crippen LogP contribution in [0, 0.1) is 0 Å². The molecular weight excluding hydrogens is 420 g/mol. The predicted molar refractivity (Wildman–Crippen MR) is 132 cm³/mol. The van der Waals surface area contributed by atoms with Gasteiger partial charge in [0.1, 0.15) is 17.2 Å². The number of fused-ring (bicyclic) bond motifs is 1. The van der Waals surface area contributed by atoms with Crippen molar-refractivity contribution in [2.24, 2.45) is 0 Å². The smallest absolute Gasteiger partial charge is 0.193 e. The zero-order valence-electron chi connectivity index (χ0n) is 19.5. The van der Waals surface area contributed by atoms with E-state index in [0.717, 1.165) is 44.7 Å². The molecule has 0 radical (unpaired) electrons. The normalized spacial score (nSPS) is 15.0. The molecule has 0 saturated carbocycles. The van der Waals surface area contributed by atoms with Crippen LogP contribution in [0.2, 0.25) is 0 Å². The molecule has 1 saturated heterocycles. The Bertz CT molecular complexity index is 1170. The fourth-order valence-electron chi connectivity index (χ4n) is 4.15. The van der Waals surface area contributed by atoms with Crippen molar-refractivity contribution in [3.63, 3.8) is 0 Å². The van der Waals surface area contributed by atoms with Gasteiger partial charge in [-0.3, -0.25) is 4.79 Å². The molecule has 0 amide bonds. The Hall–Kier alpha value is -3.23. The summed E-state index contributed by atoms with van der Waals surface area (Å²) in [5, 5.41) is 0.482. The highest BCUT2D eigenvalue weighted by molar-refractivity contribution is 5.88. The van der Waals surface area contributed by atoms with E-state index in [2.05, 4.69) is 21.8 Å². The number of nitrogen functional groups attached to an aromatic ring is 1. The van der Waals surface area contributed by atoms with Crippen molar-refractivity contribution in [2.75, 3.05) is 66.3 Å². The first-order valence-corrected chi connectivity index (χ1v) is 11.2. The van der Waals surface area contributed by atoms with Gasteiger partial charge < -0.3 is 34.7 Å². The van der Waals surface area contributed by atoms with E-state index in [1.807, 2.05) is 18.2 Å². The summed E-state index contributed by atoms with van der Waals surface area (Å²) in [5.41, 5.74) is 8.77. The zero-order chi connectivity index (χ0) is 23.4. The van der Waals surface area contributed by atoms with Gasteiger partial charge in [0.2, 0.25) is 0 Å². The molecule has 1 aliphatic rings. The quantitative estimate of drug-likeness (QED) is 0.401. The van der Waals surface area contributed by atoms with Gasteiger partial charge in [0, 0.05) is 62.2 Å². The molecule has 0 spiro atoms. The van der Waals surface area contributed by atoms with Gasteiger partial charge >= 0.3 is 0 Å². The minimum atomic E-state index is -0.138. The van der Waals surface area contributed by atoms with Crippen LogP contribution in [0.15, 0.2) is 41.2 Å². The lowest BCUT2D eigenvalue weighted by molar-refractivity contribution is 0.145. The Morgan fingerprint density at radius 2 is 1.79 bits per heavy atom. The van der Waals surface area contributed by atoms with Crippen LogP contribution in [-0.4, -0.2) is 75.4 Å². The second-order valence-electron chi connectivity index (χ2n) is 8.40. The Morgan fingerprint density at radius 3 is 2.48 bits per heavy atom. The van der Waals surface area contributed by atoms with Crippen molar-refractivity contribution < 1.29 is 14.2 Å². The Balaban J connectivity index is 1.46. The number of likely N-dealkylation sites (N-methyl/N-ethyl adjacent to an activating group) is 1. The van der Waals surface area contributed by atoms with Gasteiger partial charge in [-0.25, -0.2) is 0 Å². The summed E-state index contributed by atoms with van der Waals surface area (Å²) in [6, 6.07) is 10.6. The van der Waals surface area contributed by atoms with Crippen molar-refractivity contribution in [2.45, 2.75) is 6.42 Å². The topological polar surface area (TPSA) is 93.1 Å². The number of nitrogens with one attached hydrogen (secondary N) is 1. The summed E-state index contributed by atoms with van der Waals surface area (Å²) in [5.74, 6) is 1.73. The number of ether oxygens (including phenoxy) is 3. The number of benzene rings is 2.